The highest BCUT2D eigenvalue weighted by atomic mass is 16.6. The van der Waals surface area contributed by atoms with Gasteiger partial charge in [-0.15, -0.1) is 0 Å². The largest absolute Gasteiger partial charge is 0.487 e. The third kappa shape index (κ3) is 4.21. The Labute approximate surface area is 106 Å². The molecule has 1 rings (SSSR count). The van der Waals surface area contributed by atoms with Crippen LogP contribution < -0.4 is 15.8 Å². The van der Waals surface area contributed by atoms with Gasteiger partial charge in [0, 0.05) is 30.4 Å². The highest BCUT2D eigenvalue weighted by Crippen LogP contribution is 2.29. The number of benzene rings is 1. The molecule has 1 aromatic rings. The standard InChI is InChI=1S/C12H19N3O3/c1-3-18-12-8-10(14-7-6-9(2)13)4-5-11(12)15(16)17/h4-5,8-9,14H,3,6-7,13H2,1-2H3. The van der Waals surface area contributed by atoms with E-state index in [2.05, 4.69) is 5.32 Å². The highest BCUT2D eigenvalue weighted by Gasteiger charge is 2.15. The summed E-state index contributed by atoms with van der Waals surface area (Å²) in [6, 6.07) is 4.88. The lowest BCUT2D eigenvalue weighted by Gasteiger charge is -2.10. The molecule has 0 aliphatic heterocycles. The van der Waals surface area contributed by atoms with Crippen LogP contribution in [0.25, 0.3) is 0 Å². The van der Waals surface area contributed by atoms with Crippen molar-refractivity contribution in [2.75, 3.05) is 18.5 Å². The Bertz CT molecular complexity index is 408. The Kier molecular flexibility index (Phi) is 5.38. The van der Waals surface area contributed by atoms with Gasteiger partial charge in [-0.2, -0.15) is 0 Å². The van der Waals surface area contributed by atoms with Gasteiger partial charge in [0.2, 0.25) is 0 Å². The van der Waals surface area contributed by atoms with Crippen molar-refractivity contribution in [2.45, 2.75) is 26.3 Å². The number of nitro groups is 1. The van der Waals surface area contributed by atoms with Crippen molar-refractivity contribution in [1.82, 2.24) is 0 Å². The number of nitrogens with two attached hydrogens (primary N) is 1. The summed E-state index contributed by atoms with van der Waals surface area (Å²) in [6.07, 6.45) is 0.834. The number of nitro benzene ring substituents is 1. The van der Waals surface area contributed by atoms with E-state index in [9.17, 15) is 10.1 Å². The second kappa shape index (κ2) is 6.80. The smallest absolute Gasteiger partial charge is 0.311 e. The van der Waals surface area contributed by atoms with E-state index in [1.165, 1.54) is 6.07 Å². The summed E-state index contributed by atoms with van der Waals surface area (Å²) < 4.78 is 5.26. The number of hydrogen-bond acceptors (Lipinski definition) is 5. The normalized spacial score (nSPS) is 11.9. The number of nitrogens with zero attached hydrogens (tertiary/aromatic N) is 1. The average molecular weight is 253 g/mol. The number of anilines is 1. The lowest BCUT2D eigenvalue weighted by Crippen LogP contribution is -2.19. The third-order valence-corrected chi connectivity index (χ3v) is 2.39. The molecule has 0 radical (unpaired) electrons. The molecule has 0 aliphatic rings. The molecule has 6 nitrogen and oxygen atoms in total. The van der Waals surface area contributed by atoms with Crippen LogP contribution >= 0.6 is 0 Å². The zero-order chi connectivity index (χ0) is 13.5. The molecule has 6 heteroatoms. The van der Waals surface area contributed by atoms with E-state index >= 15 is 0 Å². The van der Waals surface area contributed by atoms with Gasteiger partial charge in [-0.3, -0.25) is 10.1 Å². The predicted octanol–water partition coefficient (Wildman–Crippen LogP) is 2.14. The fourth-order valence-electron chi connectivity index (χ4n) is 1.49. The second-order valence-corrected chi connectivity index (χ2v) is 4.07. The quantitative estimate of drug-likeness (QED) is 0.574. The summed E-state index contributed by atoms with van der Waals surface area (Å²) in [5, 5.41) is 14.0. The van der Waals surface area contributed by atoms with Crippen LogP contribution in [0.4, 0.5) is 11.4 Å². The first kappa shape index (κ1) is 14.2. The van der Waals surface area contributed by atoms with Crippen LogP contribution in [0.5, 0.6) is 5.75 Å². The molecule has 0 aliphatic carbocycles. The first-order chi connectivity index (χ1) is 8.54. The molecule has 1 aromatic carbocycles. The van der Waals surface area contributed by atoms with Gasteiger partial charge in [-0.1, -0.05) is 0 Å². The van der Waals surface area contributed by atoms with Crippen LogP contribution in [0.2, 0.25) is 0 Å². The lowest BCUT2D eigenvalue weighted by atomic mass is 10.2. The first-order valence-corrected chi connectivity index (χ1v) is 5.95. The molecule has 0 fully saturated rings. The fourth-order valence-corrected chi connectivity index (χ4v) is 1.49. The Hall–Kier alpha value is -1.82. The number of hydrogen-bond donors (Lipinski definition) is 2. The first-order valence-electron chi connectivity index (χ1n) is 5.95. The van der Waals surface area contributed by atoms with E-state index in [0.29, 0.717) is 6.61 Å². The Balaban J connectivity index is 2.76. The van der Waals surface area contributed by atoms with E-state index in [4.69, 9.17) is 10.5 Å². The summed E-state index contributed by atoms with van der Waals surface area (Å²) in [6.45, 7) is 4.84. The van der Waals surface area contributed by atoms with E-state index in [0.717, 1.165) is 18.7 Å². The monoisotopic (exact) mass is 253 g/mol. The number of nitrogens with one attached hydrogen (secondary N) is 1. The molecule has 1 atom stereocenters. The molecule has 3 N–H and O–H groups in total. The Morgan fingerprint density at radius 3 is 2.83 bits per heavy atom. The summed E-state index contributed by atoms with van der Waals surface area (Å²) >= 11 is 0. The van der Waals surface area contributed by atoms with E-state index in [1.54, 1.807) is 19.1 Å². The predicted molar refractivity (Wildman–Crippen MR) is 71.0 cm³/mol. The summed E-state index contributed by atoms with van der Waals surface area (Å²) in [5.74, 6) is 0.285. The van der Waals surface area contributed by atoms with Crippen LogP contribution in [-0.2, 0) is 0 Å². The van der Waals surface area contributed by atoms with Gasteiger partial charge in [-0.05, 0) is 26.3 Å². The van der Waals surface area contributed by atoms with Gasteiger partial charge >= 0.3 is 5.69 Å². The number of rotatable bonds is 7. The summed E-state index contributed by atoms with van der Waals surface area (Å²) in [7, 11) is 0. The van der Waals surface area contributed by atoms with Crippen molar-refractivity contribution in [3.8, 4) is 5.75 Å². The minimum atomic E-state index is -0.448. The molecule has 0 aromatic heterocycles. The maximum Gasteiger partial charge on any atom is 0.311 e. The molecule has 0 heterocycles. The minimum absolute atomic E-state index is 0.0189. The van der Waals surface area contributed by atoms with E-state index < -0.39 is 4.92 Å². The molecular weight excluding hydrogens is 234 g/mol. The zero-order valence-corrected chi connectivity index (χ0v) is 10.7. The van der Waals surface area contributed by atoms with Crippen molar-refractivity contribution in [3.63, 3.8) is 0 Å². The second-order valence-electron chi connectivity index (χ2n) is 4.07. The van der Waals surface area contributed by atoms with Crippen LogP contribution in [0.3, 0.4) is 0 Å². The average Bonchev–Trinajstić information content (AvgIpc) is 2.29. The van der Waals surface area contributed by atoms with Crippen molar-refractivity contribution < 1.29 is 9.66 Å². The van der Waals surface area contributed by atoms with Gasteiger partial charge in [0.1, 0.15) is 0 Å². The molecule has 18 heavy (non-hydrogen) atoms. The molecule has 100 valence electrons. The van der Waals surface area contributed by atoms with Crippen LogP contribution in [0, 0.1) is 10.1 Å². The molecular formula is C12H19N3O3. The molecule has 0 amide bonds. The van der Waals surface area contributed by atoms with Crippen molar-refractivity contribution in [3.05, 3.63) is 28.3 Å². The molecule has 0 saturated heterocycles. The van der Waals surface area contributed by atoms with Gasteiger partial charge in [-0.25, -0.2) is 0 Å². The van der Waals surface area contributed by atoms with Crippen LogP contribution in [-0.4, -0.2) is 24.1 Å². The summed E-state index contributed by atoms with van der Waals surface area (Å²) in [5.41, 5.74) is 6.42. The molecule has 0 bridgehead atoms. The summed E-state index contributed by atoms with van der Waals surface area (Å²) in [4.78, 5) is 10.4. The Morgan fingerprint density at radius 1 is 1.56 bits per heavy atom. The minimum Gasteiger partial charge on any atom is -0.487 e. The van der Waals surface area contributed by atoms with Gasteiger partial charge in [0.25, 0.3) is 0 Å². The van der Waals surface area contributed by atoms with Gasteiger partial charge in [0.05, 0.1) is 11.5 Å². The molecule has 1 unspecified atom stereocenters. The molecule has 0 saturated carbocycles. The van der Waals surface area contributed by atoms with Gasteiger partial charge in [0.15, 0.2) is 5.75 Å². The molecule has 0 spiro atoms. The van der Waals surface area contributed by atoms with E-state index in [-0.39, 0.29) is 17.5 Å². The highest BCUT2D eigenvalue weighted by molar-refractivity contribution is 5.57. The SMILES string of the molecule is CCOc1cc(NCCC(C)N)ccc1[N+](=O)[O-]. The number of ether oxygens (including phenoxy) is 1. The maximum atomic E-state index is 10.8. The third-order valence-electron chi connectivity index (χ3n) is 2.39. The Morgan fingerprint density at radius 2 is 2.28 bits per heavy atom. The van der Waals surface area contributed by atoms with Crippen molar-refractivity contribution in [1.29, 1.82) is 0 Å². The van der Waals surface area contributed by atoms with Crippen molar-refractivity contribution >= 4 is 11.4 Å². The topological polar surface area (TPSA) is 90.4 Å². The fraction of sp³-hybridized carbons (Fsp3) is 0.500. The van der Waals surface area contributed by atoms with E-state index in [1.807, 2.05) is 6.92 Å². The maximum absolute atomic E-state index is 10.8. The van der Waals surface area contributed by atoms with Crippen LogP contribution in [0.1, 0.15) is 20.3 Å². The zero-order valence-electron chi connectivity index (χ0n) is 10.7. The van der Waals surface area contributed by atoms with Gasteiger partial charge < -0.3 is 15.8 Å². The van der Waals surface area contributed by atoms with Crippen LogP contribution in [0.15, 0.2) is 18.2 Å². The lowest BCUT2D eigenvalue weighted by molar-refractivity contribution is -0.385. The van der Waals surface area contributed by atoms with Crippen molar-refractivity contribution in [2.24, 2.45) is 5.73 Å².